The summed E-state index contributed by atoms with van der Waals surface area (Å²) in [5.74, 6) is -0.668. The Kier molecular flexibility index (Phi) is 7.68. The molecule has 3 N–H and O–H groups in total. The van der Waals surface area contributed by atoms with Gasteiger partial charge in [-0.1, -0.05) is 24.4 Å². The lowest BCUT2D eigenvalue weighted by molar-refractivity contribution is -0.139. The summed E-state index contributed by atoms with van der Waals surface area (Å²) in [5, 5.41) is 10.4. The van der Waals surface area contributed by atoms with Gasteiger partial charge in [0.15, 0.2) is 0 Å². The maximum Gasteiger partial charge on any atom is 0.329 e. The van der Waals surface area contributed by atoms with Gasteiger partial charge in [0.1, 0.15) is 5.75 Å². The third-order valence-electron chi connectivity index (χ3n) is 4.72. The molecular weight excluding hydrogens is 404 g/mol. The highest BCUT2D eigenvalue weighted by Crippen LogP contribution is 2.24. The van der Waals surface area contributed by atoms with Crippen LogP contribution in [0.15, 0.2) is 47.6 Å². The molecule has 2 aromatic rings. The Morgan fingerprint density at radius 2 is 1.87 bits per heavy atom. The molecule has 0 heterocycles. The highest BCUT2D eigenvalue weighted by Gasteiger charge is 2.21. The fraction of sp³-hybridized carbons (Fsp3) is 0.318. The second kappa shape index (κ2) is 10.6. The molecule has 0 aliphatic heterocycles. The molecule has 1 fully saturated rings. The zero-order chi connectivity index (χ0) is 21.3. The standard InChI is InChI=1S/C22H25ClN4O3/c1-2-30-19-10-8-18(9-11-19)25-20-12-7-16(23)13-15(20)14-24-27-22(29)21(28)26-17-5-3-4-6-17/h7-14,17,25H,2-6H2,1H3,(H,26,28)(H,27,29)/b24-14-. The molecule has 158 valence electrons. The second-order valence-corrected chi connectivity index (χ2v) is 7.40. The summed E-state index contributed by atoms with van der Waals surface area (Å²) in [6.45, 7) is 2.54. The lowest BCUT2D eigenvalue weighted by atomic mass is 10.2. The summed E-state index contributed by atoms with van der Waals surface area (Å²) in [5.41, 5.74) is 4.53. The Morgan fingerprint density at radius 1 is 1.13 bits per heavy atom. The number of nitrogens with zero attached hydrogens (tertiary/aromatic N) is 1. The van der Waals surface area contributed by atoms with E-state index in [1.807, 2.05) is 37.3 Å². The van der Waals surface area contributed by atoms with Crippen LogP contribution in [0.5, 0.6) is 5.75 Å². The maximum absolute atomic E-state index is 12.0. The highest BCUT2D eigenvalue weighted by molar-refractivity contribution is 6.35. The number of ether oxygens (including phenoxy) is 1. The molecule has 0 radical (unpaired) electrons. The van der Waals surface area contributed by atoms with Crippen molar-refractivity contribution in [1.29, 1.82) is 0 Å². The topological polar surface area (TPSA) is 91.8 Å². The smallest absolute Gasteiger partial charge is 0.329 e. The van der Waals surface area contributed by atoms with Gasteiger partial charge in [-0.2, -0.15) is 5.10 Å². The second-order valence-electron chi connectivity index (χ2n) is 6.97. The van der Waals surface area contributed by atoms with Crippen molar-refractivity contribution in [3.8, 4) is 5.75 Å². The lowest BCUT2D eigenvalue weighted by Gasteiger charge is -2.11. The summed E-state index contributed by atoms with van der Waals surface area (Å²) < 4.78 is 5.45. The fourth-order valence-corrected chi connectivity index (χ4v) is 3.42. The van der Waals surface area contributed by atoms with Crippen molar-refractivity contribution in [1.82, 2.24) is 10.7 Å². The fourth-order valence-electron chi connectivity index (χ4n) is 3.24. The molecule has 2 aromatic carbocycles. The van der Waals surface area contributed by atoms with E-state index in [0.717, 1.165) is 42.8 Å². The summed E-state index contributed by atoms with van der Waals surface area (Å²) in [7, 11) is 0. The van der Waals surface area contributed by atoms with Gasteiger partial charge in [0.25, 0.3) is 0 Å². The molecule has 0 atom stereocenters. The normalized spacial score (nSPS) is 13.9. The van der Waals surface area contributed by atoms with Crippen molar-refractivity contribution in [3.63, 3.8) is 0 Å². The number of carbonyl (C=O) groups is 2. The van der Waals surface area contributed by atoms with Gasteiger partial charge in [0, 0.05) is 28.0 Å². The van der Waals surface area contributed by atoms with E-state index >= 15 is 0 Å². The van der Waals surface area contributed by atoms with Gasteiger partial charge in [-0.25, -0.2) is 5.43 Å². The van der Waals surface area contributed by atoms with Gasteiger partial charge < -0.3 is 15.4 Å². The van der Waals surface area contributed by atoms with Gasteiger partial charge in [-0.05, 0) is 62.2 Å². The molecule has 0 saturated heterocycles. The van der Waals surface area contributed by atoms with E-state index in [1.165, 1.54) is 6.21 Å². The highest BCUT2D eigenvalue weighted by atomic mass is 35.5. The molecule has 0 spiro atoms. The van der Waals surface area contributed by atoms with Crippen LogP contribution in [0, 0.1) is 0 Å². The third kappa shape index (κ3) is 6.22. The van der Waals surface area contributed by atoms with Crippen molar-refractivity contribution in [2.75, 3.05) is 11.9 Å². The molecule has 7 nitrogen and oxygen atoms in total. The third-order valence-corrected chi connectivity index (χ3v) is 4.96. The number of hydrazone groups is 1. The zero-order valence-corrected chi connectivity index (χ0v) is 17.5. The summed E-state index contributed by atoms with van der Waals surface area (Å²) in [6, 6.07) is 12.9. The van der Waals surface area contributed by atoms with Gasteiger partial charge >= 0.3 is 11.8 Å². The number of benzene rings is 2. The van der Waals surface area contributed by atoms with Crippen molar-refractivity contribution >= 4 is 41.0 Å². The quantitative estimate of drug-likeness (QED) is 0.353. The number of rotatable bonds is 7. The van der Waals surface area contributed by atoms with E-state index in [1.54, 1.807) is 12.1 Å². The number of carbonyl (C=O) groups excluding carboxylic acids is 2. The number of hydrogen-bond acceptors (Lipinski definition) is 5. The first kappa shape index (κ1) is 21.6. The van der Waals surface area contributed by atoms with Crippen LogP contribution in [0.25, 0.3) is 0 Å². The molecule has 1 saturated carbocycles. The molecule has 0 unspecified atom stereocenters. The van der Waals surface area contributed by atoms with Crippen LogP contribution in [0.3, 0.4) is 0 Å². The van der Waals surface area contributed by atoms with Crippen molar-refractivity contribution < 1.29 is 14.3 Å². The molecular formula is C22H25ClN4O3. The van der Waals surface area contributed by atoms with E-state index in [-0.39, 0.29) is 6.04 Å². The zero-order valence-electron chi connectivity index (χ0n) is 16.8. The monoisotopic (exact) mass is 428 g/mol. The first-order valence-electron chi connectivity index (χ1n) is 9.98. The van der Waals surface area contributed by atoms with E-state index in [2.05, 4.69) is 21.2 Å². The number of hydrogen-bond donors (Lipinski definition) is 3. The molecule has 2 amide bonds. The maximum atomic E-state index is 12.0. The minimum atomic E-state index is -0.791. The van der Waals surface area contributed by atoms with Crippen LogP contribution in [0.2, 0.25) is 5.02 Å². The predicted octanol–water partition coefficient (Wildman–Crippen LogP) is 3.99. The Labute approximate surface area is 180 Å². The molecule has 1 aliphatic rings. The molecule has 3 rings (SSSR count). The molecule has 8 heteroatoms. The number of halogens is 1. The molecule has 0 bridgehead atoms. The summed E-state index contributed by atoms with van der Waals surface area (Å²) >= 11 is 6.10. The van der Waals surface area contributed by atoms with Crippen molar-refractivity contribution in [2.24, 2.45) is 5.10 Å². The van der Waals surface area contributed by atoms with Gasteiger partial charge in [0.05, 0.1) is 12.8 Å². The van der Waals surface area contributed by atoms with Crippen molar-refractivity contribution in [2.45, 2.75) is 38.6 Å². The SMILES string of the molecule is CCOc1ccc(Nc2ccc(Cl)cc2/C=N\NC(=O)C(=O)NC2CCCC2)cc1. The largest absolute Gasteiger partial charge is 0.494 e. The van der Waals surface area contributed by atoms with Crippen LogP contribution in [0.4, 0.5) is 11.4 Å². The van der Waals surface area contributed by atoms with E-state index in [9.17, 15) is 9.59 Å². The number of amides is 2. The molecule has 1 aliphatic carbocycles. The molecule has 30 heavy (non-hydrogen) atoms. The Balaban J connectivity index is 1.62. The first-order valence-corrected chi connectivity index (χ1v) is 10.4. The average Bonchev–Trinajstić information content (AvgIpc) is 3.24. The van der Waals surface area contributed by atoms with Gasteiger partial charge in [-0.3, -0.25) is 9.59 Å². The molecule has 0 aromatic heterocycles. The Morgan fingerprint density at radius 3 is 2.57 bits per heavy atom. The van der Waals surface area contributed by atoms with Crippen LogP contribution in [-0.2, 0) is 9.59 Å². The van der Waals surface area contributed by atoms with Crippen LogP contribution in [0.1, 0.15) is 38.2 Å². The van der Waals surface area contributed by atoms with Crippen LogP contribution in [-0.4, -0.2) is 30.7 Å². The Bertz CT molecular complexity index is 909. The van der Waals surface area contributed by atoms with Gasteiger partial charge in [0.2, 0.25) is 0 Å². The minimum Gasteiger partial charge on any atom is -0.494 e. The summed E-state index contributed by atoms with van der Waals surface area (Å²) in [6.07, 6.45) is 5.41. The van der Waals surface area contributed by atoms with Crippen LogP contribution < -0.4 is 20.8 Å². The van der Waals surface area contributed by atoms with Crippen molar-refractivity contribution in [3.05, 3.63) is 53.1 Å². The summed E-state index contributed by atoms with van der Waals surface area (Å²) in [4.78, 5) is 23.9. The average molecular weight is 429 g/mol. The lowest BCUT2D eigenvalue weighted by Crippen LogP contribution is -2.42. The van der Waals surface area contributed by atoms with E-state index < -0.39 is 11.8 Å². The van der Waals surface area contributed by atoms with Crippen LogP contribution >= 0.6 is 11.6 Å². The first-order chi connectivity index (χ1) is 14.5. The Hall–Kier alpha value is -3.06. The van der Waals surface area contributed by atoms with E-state index in [4.69, 9.17) is 16.3 Å². The predicted molar refractivity (Wildman–Crippen MR) is 118 cm³/mol. The number of anilines is 2. The van der Waals surface area contributed by atoms with E-state index in [0.29, 0.717) is 17.2 Å². The number of nitrogens with one attached hydrogen (secondary N) is 3. The van der Waals surface area contributed by atoms with Gasteiger partial charge in [-0.15, -0.1) is 0 Å². The minimum absolute atomic E-state index is 0.0741.